The molecule has 1 unspecified atom stereocenters. The number of nitrogens with one attached hydrogen (secondary N) is 1. The number of hydrogen-bond acceptors (Lipinski definition) is 2. The molecule has 1 aromatic carbocycles. The third-order valence-corrected chi connectivity index (χ3v) is 2.23. The summed E-state index contributed by atoms with van der Waals surface area (Å²) in [5.74, 6) is -0.112. The lowest BCUT2D eigenvalue weighted by Crippen LogP contribution is -2.34. The van der Waals surface area contributed by atoms with Gasteiger partial charge in [-0.15, -0.1) is 0 Å². The molecule has 1 rings (SSSR count). The van der Waals surface area contributed by atoms with Gasteiger partial charge in [-0.1, -0.05) is 30.3 Å². The van der Waals surface area contributed by atoms with Gasteiger partial charge in [-0.2, -0.15) is 0 Å². The summed E-state index contributed by atoms with van der Waals surface area (Å²) >= 11 is 0. The van der Waals surface area contributed by atoms with Gasteiger partial charge in [0.1, 0.15) is 0 Å². The summed E-state index contributed by atoms with van der Waals surface area (Å²) in [6.45, 7) is 0.383. The number of hydrogen-bond donors (Lipinski definition) is 2. The molecule has 0 aliphatic rings. The van der Waals surface area contributed by atoms with Crippen molar-refractivity contribution < 1.29 is 4.79 Å². The maximum atomic E-state index is 11.4. The highest BCUT2D eigenvalue weighted by atomic mass is 16.1. The normalized spacial score (nSPS) is 12.1. The first-order valence-corrected chi connectivity index (χ1v) is 4.73. The van der Waals surface area contributed by atoms with E-state index in [4.69, 9.17) is 5.73 Å². The first kappa shape index (κ1) is 10.7. The number of benzene rings is 1. The van der Waals surface area contributed by atoms with Gasteiger partial charge in [0.15, 0.2) is 0 Å². The minimum absolute atomic E-state index is 0.0105. The Bertz CT molecular complexity index is 285. The molecular formula is C11H16N2O. The Labute approximate surface area is 84.3 Å². The van der Waals surface area contributed by atoms with E-state index >= 15 is 0 Å². The Kier molecular flexibility index (Phi) is 4.13. The number of rotatable bonds is 4. The van der Waals surface area contributed by atoms with E-state index in [0.717, 1.165) is 5.56 Å². The van der Waals surface area contributed by atoms with Gasteiger partial charge in [0.2, 0.25) is 5.91 Å². The molecule has 0 bridgehead atoms. The van der Waals surface area contributed by atoms with Crippen LogP contribution in [0.1, 0.15) is 5.56 Å². The van der Waals surface area contributed by atoms with Gasteiger partial charge < -0.3 is 11.1 Å². The molecule has 0 fully saturated rings. The number of nitrogens with two attached hydrogens (primary N) is 1. The second kappa shape index (κ2) is 5.40. The van der Waals surface area contributed by atoms with Gasteiger partial charge in [-0.25, -0.2) is 0 Å². The maximum absolute atomic E-state index is 11.4. The van der Waals surface area contributed by atoms with E-state index in [1.807, 2.05) is 30.3 Å². The van der Waals surface area contributed by atoms with Crippen LogP contribution < -0.4 is 11.1 Å². The van der Waals surface area contributed by atoms with Gasteiger partial charge in [-0.05, 0) is 12.0 Å². The average molecular weight is 192 g/mol. The molecule has 0 aliphatic carbocycles. The van der Waals surface area contributed by atoms with E-state index < -0.39 is 0 Å². The van der Waals surface area contributed by atoms with Crippen LogP contribution in [0.25, 0.3) is 0 Å². The third kappa shape index (κ3) is 2.85. The molecule has 0 aliphatic heterocycles. The predicted octanol–water partition coefficient (Wildman–Crippen LogP) is 0.550. The van der Waals surface area contributed by atoms with Gasteiger partial charge in [0.25, 0.3) is 0 Å². The van der Waals surface area contributed by atoms with Crippen molar-refractivity contribution in [3.8, 4) is 0 Å². The van der Waals surface area contributed by atoms with Crippen LogP contribution in [-0.4, -0.2) is 19.5 Å². The number of amides is 1. The van der Waals surface area contributed by atoms with Crippen molar-refractivity contribution in [2.75, 3.05) is 13.6 Å². The van der Waals surface area contributed by atoms with Crippen LogP contribution in [0.15, 0.2) is 30.3 Å². The molecule has 3 heteroatoms. The molecule has 0 aromatic heterocycles. The van der Waals surface area contributed by atoms with Crippen LogP contribution in [0.3, 0.4) is 0 Å². The highest BCUT2D eigenvalue weighted by molar-refractivity contribution is 5.78. The predicted molar refractivity (Wildman–Crippen MR) is 56.8 cm³/mol. The van der Waals surface area contributed by atoms with Gasteiger partial charge in [0, 0.05) is 13.6 Å². The standard InChI is InChI=1S/C11H16N2O/c1-13-11(14)10(8-12)7-9-5-3-2-4-6-9/h2-6,10H,7-8,12H2,1H3,(H,13,14). The van der Waals surface area contributed by atoms with Crippen LogP contribution in [0.2, 0.25) is 0 Å². The summed E-state index contributed by atoms with van der Waals surface area (Å²) in [4.78, 5) is 11.4. The summed E-state index contributed by atoms with van der Waals surface area (Å²) in [6.07, 6.45) is 0.705. The molecule has 14 heavy (non-hydrogen) atoms. The van der Waals surface area contributed by atoms with E-state index in [0.29, 0.717) is 13.0 Å². The van der Waals surface area contributed by atoms with Crippen LogP contribution in [0, 0.1) is 5.92 Å². The molecule has 0 saturated carbocycles. The van der Waals surface area contributed by atoms with E-state index in [9.17, 15) is 4.79 Å². The zero-order chi connectivity index (χ0) is 10.4. The Morgan fingerprint density at radius 3 is 2.57 bits per heavy atom. The van der Waals surface area contributed by atoms with Crippen molar-refractivity contribution in [2.24, 2.45) is 11.7 Å². The molecule has 76 valence electrons. The van der Waals surface area contributed by atoms with Crippen LogP contribution in [0.4, 0.5) is 0 Å². The number of carbonyl (C=O) groups is 1. The van der Waals surface area contributed by atoms with Crippen molar-refractivity contribution in [1.29, 1.82) is 0 Å². The summed E-state index contributed by atoms with van der Waals surface area (Å²) in [5, 5.41) is 2.62. The highest BCUT2D eigenvalue weighted by Gasteiger charge is 2.15. The Balaban J connectivity index is 2.62. The van der Waals surface area contributed by atoms with Crippen molar-refractivity contribution in [2.45, 2.75) is 6.42 Å². The molecule has 3 N–H and O–H groups in total. The first-order chi connectivity index (χ1) is 6.77. The molecule has 3 nitrogen and oxygen atoms in total. The molecule has 1 atom stereocenters. The Hall–Kier alpha value is -1.35. The second-order valence-electron chi connectivity index (χ2n) is 3.24. The lowest BCUT2D eigenvalue weighted by atomic mass is 9.99. The zero-order valence-electron chi connectivity index (χ0n) is 8.36. The summed E-state index contributed by atoms with van der Waals surface area (Å²) in [5.41, 5.74) is 6.68. The molecule has 0 spiro atoms. The van der Waals surface area contributed by atoms with Crippen molar-refractivity contribution in [1.82, 2.24) is 5.32 Å². The molecule has 1 aromatic rings. The van der Waals surface area contributed by atoms with E-state index in [1.165, 1.54) is 0 Å². The van der Waals surface area contributed by atoms with Crippen LogP contribution in [-0.2, 0) is 11.2 Å². The zero-order valence-corrected chi connectivity index (χ0v) is 8.36. The fourth-order valence-corrected chi connectivity index (χ4v) is 1.39. The summed E-state index contributed by atoms with van der Waals surface area (Å²) < 4.78 is 0. The lowest BCUT2D eigenvalue weighted by Gasteiger charge is -2.12. The second-order valence-corrected chi connectivity index (χ2v) is 3.24. The van der Waals surface area contributed by atoms with Crippen LogP contribution in [0.5, 0.6) is 0 Å². The largest absolute Gasteiger partial charge is 0.359 e. The molecule has 1 amide bonds. The topological polar surface area (TPSA) is 55.1 Å². The van der Waals surface area contributed by atoms with Crippen molar-refractivity contribution in [3.05, 3.63) is 35.9 Å². The fraction of sp³-hybridized carbons (Fsp3) is 0.364. The quantitative estimate of drug-likeness (QED) is 0.732. The van der Waals surface area contributed by atoms with Crippen molar-refractivity contribution >= 4 is 5.91 Å². The summed E-state index contributed by atoms with van der Waals surface area (Å²) in [6, 6.07) is 9.90. The van der Waals surface area contributed by atoms with Crippen molar-refractivity contribution in [3.63, 3.8) is 0 Å². The minimum Gasteiger partial charge on any atom is -0.359 e. The Morgan fingerprint density at radius 1 is 1.43 bits per heavy atom. The van der Waals surface area contributed by atoms with E-state index in [2.05, 4.69) is 5.32 Å². The smallest absolute Gasteiger partial charge is 0.224 e. The molecular weight excluding hydrogens is 176 g/mol. The van der Waals surface area contributed by atoms with E-state index in [-0.39, 0.29) is 11.8 Å². The van der Waals surface area contributed by atoms with E-state index in [1.54, 1.807) is 7.05 Å². The van der Waals surface area contributed by atoms with Gasteiger partial charge in [0.05, 0.1) is 5.92 Å². The summed E-state index contributed by atoms with van der Waals surface area (Å²) in [7, 11) is 1.63. The lowest BCUT2D eigenvalue weighted by molar-refractivity contribution is -0.124. The fourth-order valence-electron chi connectivity index (χ4n) is 1.39. The Morgan fingerprint density at radius 2 is 2.07 bits per heavy atom. The first-order valence-electron chi connectivity index (χ1n) is 4.73. The van der Waals surface area contributed by atoms with Gasteiger partial charge >= 0.3 is 0 Å². The van der Waals surface area contributed by atoms with Gasteiger partial charge in [-0.3, -0.25) is 4.79 Å². The molecule has 0 saturated heterocycles. The third-order valence-electron chi connectivity index (χ3n) is 2.23. The maximum Gasteiger partial charge on any atom is 0.224 e. The molecule has 0 radical (unpaired) electrons. The minimum atomic E-state index is -0.123. The number of carbonyl (C=O) groups excluding carboxylic acids is 1. The molecule has 0 heterocycles. The van der Waals surface area contributed by atoms with Crippen LogP contribution >= 0.6 is 0 Å². The highest BCUT2D eigenvalue weighted by Crippen LogP contribution is 2.07. The average Bonchev–Trinajstić information content (AvgIpc) is 2.26. The monoisotopic (exact) mass is 192 g/mol. The SMILES string of the molecule is CNC(=O)C(CN)Cc1ccccc1.